The van der Waals surface area contributed by atoms with E-state index in [0.717, 1.165) is 23.5 Å². The molecule has 0 amide bonds. The average molecular weight is 268 g/mol. The zero-order valence-corrected chi connectivity index (χ0v) is 11.6. The Bertz CT molecular complexity index is 714. The Hall–Kier alpha value is -2.43. The highest BCUT2D eigenvalue weighted by molar-refractivity contribution is 5.58. The second-order valence-corrected chi connectivity index (χ2v) is 4.74. The Morgan fingerprint density at radius 3 is 2.80 bits per heavy atom. The number of rotatable bonds is 4. The van der Waals surface area contributed by atoms with E-state index in [4.69, 9.17) is 4.52 Å². The van der Waals surface area contributed by atoms with Gasteiger partial charge in [0.05, 0.1) is 0 Å². The van der Waals surface area contributed by atoms with Crippen molar-refractivity contribution in [2.24, 2.45) is 0 Å². The second-order valence-electron chi connectivity index (χ2n) is 4.74. The predicted molar refractivity (Wildman–Crippen MR) is 75.1 cm³/mol. The van der Waals surface area contributed by atoms with Gasteiger partial charge in [0.2, 0.25) is 11.7 Å². The molecule has 20 heavy (non-hydrogen) atoms. The van der Waals surface area contributed by atoms with Crippen LogP contribution in [0, 0.1) is 13.8 Å². The van der Waals surface area contributed by atoms with Crippen LogP contribution in [0.25, 0.3) is 11.4 Å². The molecule has 5 nitrogen and oxygen atoms in total. The molecule has 0 saturated heterocycles. The molecule has 0 radical (unpaired) electrons. The van der Waals surface area contributed by atoms with Crippen molar-refractivity contribution < 1.29 is 4.52 Å². The van der Waals surface area contributed by atoms with Crippen LogP contribution in [-0.2, 0) is 13.0 Å². The van der Waals surface area contributed by atoms with Crippen molar-refractivity contribution in [3.63, 3.8) is 0 Å². The van der Waals surface area contributed by atoms with E-state index in [9.17, 15) is 0 Å². The summed E-state index contributed by atoms with van der Waals surface area (Å²) in [5, 5.41) is 4.06. The summed E-state index contributed by atoms with van der Waals surface area (Å²) in [7, 11) is 0. The van der Waals surface area contributed by atoms with Gasteiger partial charge in [-0.3, -0.25) is 0 Å². The van der Waals surface area contributed by atoms with Gasteiger partial charge >= 0.3 is 0 Å². The topological polar surface area (TPSA) is 56.7 Å². The van der Waals surface area contributed by atoms with E-state index in [1.807, 2.05) is 44.3 Å². The molecule has 2 heterocycles. The molecule has 0 aliphatic carbocycles. The molecule has 3 rings (SSSR count). The highest BCUT2D eigenvalue weighted by Crippen LogP contribution is 2.19. The Balaban J connectivity index is 1.74. The summed E-state index contributed by atoms with van der Waals surface area (Å²) in [5.41, 5.74) is 2.16. The van der Waals surface area contributed by atoms with E-state index in [2.05, 4.69) is 19.7 Å². The molecule has 2 aromatic heterocycles. The van der Waals surface area contributed by atoms with E-state index in [1.54, 1.807) is 6.20 Å². The lowest BCUT2D eigenvalue weighted by Gasteiger charge is -2.01. The number of hydrogen-bond acceptors (Lipinski definition) is 4. The molecule has 0 aliphatic heterocycles. The number of hydrogen-bond donors (Lipinski definition) is 0. The molecule has 3 aromatic rings. The molecule has 5 heteroatoms. The van der Waals surface area contributed by atoms with E-state index in [-0.39, 0.29) is 0 Å². The first-order valence-electron chi connectivity index (χ1n) is 6.60. The van der Waals surface area contributed by atoms with Crippen LogP contribution in [0.5, 0.6) is 0 Å². The molecule has 0 unspecified atom stereocenters. The molecule has 0 spiro atoms. The van der Waals surface area contributed by atoms with Crippen LogP contribution >= 0.6 is 0 Å². The summed E-state index contributed by atoms with van der Waals surface area (Å²) in [4.78, 5) is 8.65. The van der Waals surface area contributed by atoms with Crippen molar-refractivity contribution in [3.8, 4) is 11.4 Å². The van der Waals surface area contributed by atoms with Gasteiger partial charge in [-0.1, -0.05) is 29.4 Å². The van der Waals surface area contributed by atoms with Gasteiger partial charge in [0.25, 0.3) is 0 Å². The highest BCUT2D eigenvalue weighted by atomic mass is 16.5. The van der Waals surface area contributed by atoms with Crippen molar-refractivity contribution in [3.05, 3.63) is 53.9 Å². The van der Waals surface area contributed by atoms with Crippen LogP contribution in [0.3, 0.4) is 0 Å². The largest absolute Gasteiger partial charge is 0.339 e. The second kappa shape index (κ2) is 5.28. The number of imidazole rings is 1. The Labute approximate surface area is 117 Å². The number of aromatic nitrogens is 4. The first kappa shape index (κ1) is 12.6. The van der Waals surface area contributed by atoms with Crippen LogP contribution in [0.15, 0.2) is 41.2 Å². The van der Waals surface area contributed by atoms with Gasteiger partial charge in [-0.15, -0.1) is 0 Å². The van der Waals surface area contributed by atoms with Gasteiger partial charge in [0.1, 0.15) is 5.82 Å². The average Bonchev–Trinajstić information content (AvgIpc) is 3.06. The zero-order chi connectivity index (χ0) is 13.9. The lowest BCUT2D eigenvalue weighted by molar-refractivity contribution is 0.371. The normalized spacial score (nSPS) is 10.9. The van der Waals surface area contributed by atoms with Gasteiger partial charge in [-0.25, -0.2) is 4.98 Å². The third-order valence-electron chi connectivity index (χ3n) is 3.34. The first-order chi connectivity index (χ1) is 9.74. The van der Waals surface area contributed by atoms with Gasteiger partial charge in [-0.05, 0) is 19.4 Å². The summed E-state index contributed by atoms with van der Waals surface area (Å²) in [6, 6.07) is 8.03. The molecule has 0 bridgehead atoms. The Kier molecular flexibility index (Phi) is 3.33. The third-order valence-corrected chi connectivity index (χ3v) is 3.34. The maximum Gasteiger partial charge on any atom is 0.228 e. The van der Waals surface area contributed by atoms with Crippen molar-refractivity contribution in [2.45, 2.75) is 26.8 Å². The first-order valence-corrected chi connectivity index (χ1v) is 6.60. The molecule has 0 N–H and O–H groups in total. The fraction of sp³-hybridized carbons (Fsp3) is 0.267. The van der Waals surface area contributed by atoms with Crippen LogP contribution in [0.1, 0.15) is 17.3 Å². The number of aryl methyl sites for hydroxylation is 4. The summed E-state index contributed by atoms with van der Waals surface area (Å²) in [6.07, 6.45) is 4.45. The quantitative estimate of drug-likeness (QED) is 0.730. The van der Waals surface area contributed by atoms with Gasteiger partial charge < -0.3 is 9.09 Å². The molecule has 0 saturated carbocycles. The van der Waals surface area contributed by atoms with Crippen LogP contribution < -0.4 is 0 Å². The third kappa shape index (κ3) is 2.47. The SMILES string of the molecule is Cc1ccccc1-c1noc(CCn2ccnc2C)n1. The van der Waals surface area contributed by atoms with Crippen molar-refractivity contribution in [2.75, 3.05) is 0 Å². The van der Waals surface area contributed by atoms with E-state index in [0.29, 0.717) is 18.1 Å². The van der Waals surface area contributed by atoms with E-state index < -0.39 is 0 Å². The predicted octanol–water partition coefficient (Wildman–Crippen LogP) is 2.79. The van der Waals surface area contributed by atoms with Crippen LogP contribution in [-0.4, -0.2) is 19.7 Å². The van der Waals surface area contributed by atoms with Gasteiger partial charge in [-0.2, -0.15) is 4.98 Å². The maximum absolute atomic E-state index is 5.32. The standard InChI is InChI=1S/C15H16N4O/c1-11-5-3-4-6-13(11)15-17-14(20-18-15)7-9-19-10-8-16-12(19)2/h3-6,8,10H,7,9H2,1-2H3. The molecular weight excluding hydrogens is 252 g/mol. The summed E-state index contributed by atoms with van der Waals surface area (Å²) in [6.45, 7) is 4.81. The monoisotopic (exact) mass is 268 g/mol. The molecule has 0 atom stereocenters. The fourth-order valence-corrected chi connectivity index (χ4v) is 2.15. The van der Waals surface area contributed by atoms with Crippen LogP contribution in [0.4, 0.5) is 0 Å². The molecule has 1 aromatic carbocycles. The molecule has 0 aliphatic rings. The minimum absolute atomic E-state index is 0.649. The minimum atomic E-state index is 0.649. The maximum atomic E-state index is 5.32. The molecular formula is C15H16N4O. The van der Waals surface area contributed by atoms with Gasteiger partial charge in [0, 0.05) is 30.9 Å². The zero-order valence-electron chi connectivity index (χ0n) is 11.6. The van der Waals surface area contributed by atoms with E-state index >= 15 is 0 Å². The summed E-state index contributed by atoms with van der Waals surface area (Å²) >= 11 is 0. The smallest absolute Gasteiger partial charge is 0.228 e. The van der Waals surface area contributed by atoms with Crippen molar-refractivity contribution >= 4 is 0 Å². The van der Waals surface area contributed by atoms with Crippen molar-refractivity contribution in [1.82, 2.24) is 19.7 Å². The van der Waals surface area contributed by atoms with Crippen molar-refractivity contribution in [1.29, 1.82) is 0 Å². The lowest BCUT2D eigenvalue weighted by atomic mass is 10.1. The number of benzene rings is 1. The van der Waals surface area contributed by atoms with Crippen LogP contribution in [0.2, 0.25) is 0 Å². The summed E-state index contributed by atoms with van der Waals surface area (Å²) < 4.78 is 7.38. The highest BCUT2D eigenvalue weighted by Gasteiger charge is 2.10. The number of nitrogens with zero attached hydrogens (tertiary/aromatic N) is 4. The Morgan fingerprint density at radius 1 is 1.20 bits per heavy atom. The minimum Gasteiger partial charge on any atom is -0.339 e. The van der Waals surface area contributed by atoms with E-state index in [1.165, 1.54) is 0 Å². The summed E-state index contributed by atoms with van der Waals surface area (Å²) in [5.74, 6) is 2.29. The fourth-order valence-electron chi connectivity index (χ4n) is 2.15. The lowest BCUT2D eigenvalue weighted by Crippen LogP contribution is -2.02. The molecule has 102 valence electrons. The Morgan fingerprint density at radius 2 is 2.05 bits per heavy atom. The van der Waals surface area contributed by atoms with Gasteiger partial charge in [0.15, 0.2) is 0 Å². The molecule has 0 fully saturated rings.